The van der Waals surface area contributed by atoms with E-state index in [0.717, 1.165) is 44.8 Å². The van der Waals surface area contributed by atoms with Crippen LogP contribution in [0.15, 0.2) is 0 Å². The molecule has 5 nitrogen and oxygen atoms in total. The van der Waals surface area contributed by atoms with Crippen molar-refractivity contribution < 1.29 is 23.8 Å². The maximum Gasteiger partial charge on any atom is 0.302 e. The molecule has 4 rings (SSSR count). The van der Waals surface area contributed by atoms with Crippen molar-refractivity contribution in [2.45, 2.75) is 91.0 Å². The van der Waals surface area contributed by atoms with E-state index >= 15 is 0 Å². The van der Waals surface area contributed by atoms with Crippen LogP contribution in [0.3, 0.4) is 0 Å². The van der Waals surface area contributed by atoms with Crippen LogP contribution in [0, 0.1) is 34.5 Å². The van der Waals surface area contributed by atoms with Crippen molar-refractivity contribution in [1.29, 1.82) is 0 Å². The minimum Gasteiger partial charge on any atom is -0.462 e. The highest BCUT2D eigenvalue weighted by atomic mass is 16.7. The molecule has 29 heavy (non-hydrogen) atoms. The summed E-state index contributed by atoms with van der Waals surface area (Å²) in [5.41, 5.74) is -0.0966. The molecular formula is C24H38O5. The molecule has 164 valence electrons. The fraction of sp³-hybridized carbons (Fsp3) is 0.917. The fourth-order valence-corrected chi connectivity index (χ4v) is 7.63. The van der Waals surface area contributed by atoms with Gasteiger partial charge in [0.1, 0.15) is 12.4 Å². The molecular weight excluding hydrogens is 368 g/mol. The van der Waals surface area contributed by atoms with Gasteiger partial charge < -0.3 is 19.0 Å². The van der Waals surface area contributed by atoms with Crippen molar-refractivity contribution in [2.75, 3.05) is 13.2 Å². The average Bonchev–Trinajstić information content (AvgIpc) is 3.25. The zero-order chi connectivity index (χ0) is 20.9. The van der Waals surface area contributed by atoms with E-state index in [1.165, 1.54) is 13.3 Å². The summed E-state index contributed by atoms with van der Waals surface area (Å²) in [4.78, 5) is 23.7. The lowest BCUT2D eigenvalue weighted by Crippen LogP contribution is -2.58. The lowest BCUT2D eigenvalue weighted by Gasteiger charge is -2.57. The summed E-state index contributed by atoms with van der Waals surface area (Å²) in [6.45, 7) is 9.79. The molecule has 0 aromatic rings. The largest absolute Gasteiger partial charge is 0.462 e. The number of aldehydes is 1. The summed E-state index contributed by atoms with van der Waals surface area (Å²) >= 11 is 0. The lowest BCUT2D eigenvalue weighted by molar-refractivity contribution is -0.252. The van der Waals surface area contributed by atoms with Crippen LogP contribution in [0.25, 0.3) is 0 Å². The number of esters is 1. The van der Waals surface area contributed by atoms with Crippen molar-refractivity contribution in [2.24, 2.45) is 34.5 Å². The molecule has 0 aromatic carbocycles. The van der Waals surface area contributed by atoms with Gasteiger partial charge in [0.25, 0.3) is 0 Å². The Kier molecular flexibility index (Phi) is 5.61. The molecule has 0 bridgehead atoms. The first-order valence-electron chi connectivity index (χ1n) is 11.6. The predicted octanol–water partition coefficient (Wildman–Crippen LogP) is 4.52. The summed E-state index contributed by atoms with van der Waals surface area (Å²) in [6, 6.07) is 0. The van der Waals surface area contributed by atoms with Crippen LogP contribution >= 0.6 is 0 Å². The van der Waals surface area contributed by atoms with Crippen LogP contribution in [0.2, 0.25) is 0 Å². The zero-order valence-corrected chi connectivity index (χ0v) is 18.6. The summed E-state index contributed by atoms with van der Waals surface area (Å²) in [6.07, 6.45) is 8.85. The molecule has 1 aliphatic heterocycles. The van der Waals surface area contributed by atoms with Gasteiger partial charge in [-0.2, -0.15) is 0 Å². The Bertz CT molecular complexity index is 641. The summed E-state index contributed by atoms with van der Waals surface area (Å²) in [5.74, 6) is 0.855. The van der Waals surface area contributed by atoms with Gasteiger partial charge in [0.15, 0.2) is 5.79 Å². The molecule has 7 atom stereocenters. The van der Waals surface area contributed by atoms with E-state index in [-0.39, 0.29) is 28.8 Å². The van der Waals surface area contributed by atoms with Crippen molar-refractivity contribution >= 4 is 12.3 Å². The SMILES string of the molecule is CC(=O)O[C@H]1C2CCC3(OCCO3)[C@@]2(C)CCC1[C@@]1(C)CC[C@H](C)C[C@@H]1CC=O. The highest BCUT2D eigenvalue weighted by Gasteiger charge is 2.67. The van der Waals surface area contributed by atoms with Crippen LogP contribution in [0.5, 0.6) is 0 Å². The van der Waals surface area contributed by atoms with E-state index in [9.17, 15) is 9.59 Å². The van der Waals surface area contributed by atoms with Crippen molar-refractivity contribution in [1.82, 2.24) is 0 Å². The molecule has 0 aromatic heterocycles. The van der Waals surface area contributed by atoms with E-state index < -0.39 is 5.79 Å². The highest BCUT2D eigenvalue weighted by molar-refractivity contribution is 5.66. The first kappa shape index (κ1) is 21.3. The zero-order valence-electron chi connectivity index (χ0n) is 18.6. The van der Waals surface area contributed by atoms with E-state index in [4.69, 9.17) is 14.2 Å². The van der Waals surface area contributed by atoms with E-state index in [1.807, 2.05) is 0 Å². The number of hydrogen-bond acceptors (Lipinski definition) is 5. The molecule has 1 saturated heterocycles. The van der Waals surface area contributed by atoms with Gasteiger partial charge in [-0.15, -0.1) is 0 Å². The maximum absolute atomic E-state index is 12.2. The fourth-order valence-electron chi connectivity index (χ4n) is 7.63. The second kappa shape index (κ2) is 7.64. The number of rotatable bonds is 4. The Morgan fingerprint density at radius 1 is 1.07 bits per heavy atom. The predicted molar refractivity (Wildman–Crippen MR) is 109 cm³/mol. The molecule has 3 aliphatic carbocycles. The van der Waals surface area contributed by atoms with Gasteiger partial charge in [-0.05, 0) is 49.4 Å². The van der Waals surface area contributed by atoms with Crippen LogP contribution in [-0.2, 0) is 23.8 Å². The number of carbonyl (C=O) groups is 2. The van der Waals surface area contributed by atoms with Gasteiger partial charge in [0.05, 0.1) is 13.2 Å². The second-order valence-electron chi connectivity index (χ2n) is 10.7. The second-order valence-corrected chi connectivity index (χ2v) is 10.7. The minimum absolute atomic E-state index is 0.0298. The Labute approximate surface area is 175 Å². The first-order chi connectivity index (χ1) is 13.8. The third kappa shape index (κ3) is 3.27. The molecule has 0 amide bonds. The number of fused-ring (bicyclic) bond motifs is 2. The number of hydrogen-bond donors (Lipinski definition) is 0. The molecule has 4 aliphatic rings. The molecule has 5 heteroatoms. The molecule has 3 saturated carbocycles. The first-order valence-corrected chi connectivity index (χ1v) is 11.6. The van der Waals surface area contributed by atoms with E-state index in [1.54, 1.807) is 0 Å². The van der Waals surface area contributed by atoms with Gasteiger partial charge in [-0.25, -0.2) is 0 Å². The molecule has 1 spiro atoms. The highest BCUT2D eigenvalue weighted by Crippen LogP contribution is 2.65. The molecule has 4 fully saturated rings. The van der Waals surface area contributed by atoms with E-state index in [0.29, 0.717) is 37.4 Å². The van der Waals surface area contributed by atoms with Crippen LogP contribution < -0.4 is 0 Å². The van der Waals surface area contributed by atoms with Crippen LogP contribution in [-0.4, -0.2) is 37.4 Å². The van der Waals surface area contributed by atoms with Gasteiger partial charge in [-0.3, -0.25) is 4.79 Å². The Hall–Kier alpha value is -0.940. The van der Waals surface area contributed by atoms with Gasteiger partial charge in [0.2, 0.25) is 0 Å². The topological polar surface area (TPSA) is 61.8 Å². The average molecular weight is 407 g/mol. The summed E-state index contributed by atoms with van der Waals surface area (Å²) in [7, 11) is 0. The molecule has 2 unspecified atom stereocenters. The molecule has 1 heterocycles. The third-order valence-corrected chi connectivity index (χ3v) is 9.32. The van der Waals surface area contributed by atoms with Crippen molar-refractivity contribution in [3.8, 4) is 0 Å². The normalized spacial score (nSPS) is 46.4. The smallest absolute Gasteiger partial charge is 0.302 e. The van der Waals surface area contributed by atoms with Gasteiger partial charge in [0, 0.05) is 37.0 Å². The monoisotopic (exact) mass is 406 g/mol. The number of carbonyl (C=O) groups excluding carboxylic acids is 2. The number of ether oxygens (including phenoxy) is 3. The van der Waals surface area contributed by atoms with Crippen molar-refractivity contribution in [3.05, 3.63) is 0 Å². The van der Waals surface area contributed by atoms with Gasteiger partial charge in [-0.1, -0.05) is 27.2 Å². The van der Waals surface area contributed by atoms with Crippen molar-refractivity contribution in [3.63, 3.8) is 0 Å². The maximum atomic E-state index is 12.2. The summed E-state index contributed by atoms with van der Waals surface area (Å²) in [5, 5.41) is 0. The molecule has 0 radical (unpaired) electrons. The van der Waals surface area contributed by atoms with Gasteiger partial charge >= 0.3 is 5.97 Å². The quantitative estimate of drug-likeness (QED) is 0.507. The lowest BCUT2D eigenvalue weighted by atomic mass is 9.50. The minimum atomic E-state index is -0.509. The Morgan fingerprint density at radius 2 is 1.76 bits per heavy atom. The summed E-state index contributed by atoms with van der Waals surface area (Å²) < 4.78 is 18.5. The Morgan fingerprint density at radius 3 is 2.41 bits per heavy atom. The molecule has 0 N–H and O–H groups in total. The third-order valence-electron chi connectivity index (χ3n) is 9.32. The van der Waals surface area contributed by atoms with E-state index in [2.05, 4.69) is 20.8 Å². The van der Waals surface area contributed by atoms with Crippen LogP contribution in [0.4, 0.5) is 0 Å². The Balaban J connectivity index is 1.67. The standard InChI is InChI=1S/C24H38O5/c1-16-5-9-22(3,18(15-16)8-12-25)19-6-10-23(4)20(21(19)29-17(2)26)7-11-24(23)27-13-14-28-24/h12,16,18-21H,5-11,13-15H2,1-4H3/t16-,18-,19?,20?,21+,22-,23-/m0/s1. The van der Waals surface area contributed by atoms with Crippen LogP contribution in [0.1, 0.15) is 79.1 Å².